The van der Waals surface area contributed by atoms with E-state index in [1.807, 2.05) is 6.07 Å². The number of nitrogens with two attached hydrogens (primary N) is 1. The molecular formula is C14H22ClN3O2. The zero-order valence-electron chi connectivity index (χ0n) is 11.9. The van der Waals surface area contributed by atoms with E-state index >= 15 is 0 Å². The van der Waals surface area contributed by atoms with Gasteiger partial charge in [-0.3, -0.25) is 0 Å². The molecule has 6 heteroatoms. The monoisotopic (exact) mass is 299 g/mol. The van der Waals surface area contributed by atoms with Gasteiger partial charge < -0.3 is 21.0 Å². The van der Waals surface area contributed by atoms with E-state index < -0.39 is 0 Å². The minimum absolute atomic E-state index is 0.0506. The highest BCUT2D eigenvalue weighted by Crippen LogP contribution is 2.18. The second kappa shape index (κ2) is 8.79. The molecule has 1 aromatic carbocycles. The van der Waals surface area contributed by atoms with Gasteiger partial charge in [-0.25, -0.2) is 0 Å². The smallest absolute Gasteiger partial charge is 0.170 e. The third-order valence-corrected chi connectivity index (χ3v) is 3.39. The number of amidine groups is 1. The molecule has 0 bridgehead atoms. The number of nitrogens with one attached hydrogen (secondary N) is 1. The number of ether oxygens (including phenoxy) is 1. The number of benzene rings is 1. The summed E-state index contributed by atoms with van der Waals surface area (Å²) >= 11 is 6.20. The number of hydrogen-bond acceptors (Lipinski definition) is 4. The van der Waals surface area contributed by atoms with Crippen molar-refractivity contribution >= 4 is 17.4 Å². The summed E-state index contributed by atoms with van der Waals surface area (Å²) < 4.78 is 5.18. The first-order valence-corrected chi connectivity index (χ1v) is 6.98. The molecule has 0 aromatic heterocycles. The molecule has 0 saturated carbocycles. The van der Waals surface area contributed by atoms with Gasteiger partial charge in [-0.2, -0.15) is 0 Å². The maximum Gasteiger partial charge on any atom is 0.170 e. The Bertz CT molecular complexity index is 446. The van der Waals surface area contributed by atoms with E-state index in [9.17, 15) is 0 Å². The molecule has 1 atom stereocenters. The molecule has 0 heterocycles. The highest BCUT2D eigenvalue weighted by Gasteiger charge is 2.09. The number of halogens is 1. The molecule has 4 N–H and O–H groups in total. The summed E-state index contributed by atoms with van der Waals surface area (Å²) in [7, 11) is 1.70. The van der Waals surface area contributed by atoms with Gasteiger partial charge in [0.2, 0.25) is 0 Å². The van der Waals surface area contributed by atoms with Crippen LogP contribution in [0.15, 0.2) is 23.4 Å². The molecule has 0 saturated heterocycles. The van der Waals surface area contributed by atoms with Crippen LogP contribution in [0, 0.1) is 0 Å². The second-order valence-corrected chi connectivity index (χ2v) is 5.02. The standard InChI is InChI=1S/C14H22ClN3O2/c1-3-4-12(9-20-2)17-8-11-6-5-10(7-13(11)15)14(16)18-19/h5-7,12,17,19H,3-4,8-9H2,1-2H3,(H2,16,18). The van der Waals surface area contributed by atoms with Crippen molar-refractivity contribution in [3.63, 3.8) is 0 Å². The first-order chi connectivity index (χ1) is 9.62. The van der Waals surface area contributed by atoms with Crippen LogP contribution < -0.4 is 11.1 Å². The zero-order valence-corrected chi connectivity index (χ0v) is 12.7. The van der Waals surface area contributed by atoms with Crippen LogP contribution in [0.5, 0.6) is 0 Å². The second-order valence-electron chi connectivity index (χ2n) is 4.61. The lowest BCUT2D eigenvalue weighted by molar-refractivity contribution is 0.161. The van der Waals surface area contributed by atoms with E-state index in [-0.39, 0.29) is 5.84 Å². The zero-order chi connectivity index (χ0) is 15.0. The highest BCUT2D eigenvalue weighted by atomic mass is 35.5. The Morgan fingerprint density at radius 2 is 2.30 bits per heavy atom. The average molecular weight is 300 g/mol. The lowest BCUT2D eigenvalue weighted by Gasteiger charge is -2.17. The number of nitrogens with zero attached hydrogens (tertiary/aromatic N) is 1. The fourth-order valence-electron chi connectivity index (χ4n) is 1.96. The Hall–Kier alpha value is -1.30. The predicted octanol–water partition coefficient (Wildman–Crippen LogP) is 2.34. The normalized spacial score (nSPS) is 13.4. The molecule has 1 unspecified atom stereocenters. The van der Waals surface area contributed by atoms with Crippen molar-refractivity contribution in [2.45, 2.75) is 32.4 Å². The molecule has 0 amide bonds. The third kappa shape index (κ3) is 5.00. The number of rotatable bonds is 8. The van der Waals surface area contributed by atoms with Crippen molar-refractivity contribution < 1.29 is 9.94 Å². The van der Waals surface area contributed by atoms with Gasteiger partial charge in [0, 0.05) is 30.3 Å². The average Bonchev–Trinajstić information content (AvgIpc) is 2.45. The van der Waals surface area contributed by atoms with Gasteiger partial charge in [0.15, 0.2) is 5.84 Å². The Kier molecular flexibility index (Phi) is 7.36. The van der Waals surface area contributed by atoms with Crippen LogP contribution in [0.4, 0.5) is 0 Å². The van der Waals surface area contributed by atoms with E-state index in [2.05, 4.69) is 17.4 Å². The summed E-state index contributed by atoms with van der Waals surface area (Å²) in [4.78, 5) is 0. The molecule has 1 aromatic rings. The first kappa shape index (κ1) is 16.8. The molecule has 5 nitrogen and oxygen atoms in total. The van der Waals surface area contributed by atoms with E-state index in [0.29, 0.717) is 29.8 Å². The summed E-state index contributed by atoms with van der Waals surface area (Å²) in [6.45, 7) is 3.47. The fourth-order valence-corrected chi connectivity index (χ4v) is 2.20. The van der Waals surface area contributed by atoms with Crippen molar-refractivity contribution in [2.75, 3.05) is 13.7 Å². The van der Waals surface area contributed by atoms with Crippen molar-refractivity contribution in [3.05, 3.63) is 34.3 Å². The highest BCUT2D eigenvalue weighted by molar-refractivity contribution is 6.31. The summed E-state index contributed by atoms with van der Waals surface area (Å²) in [5.74, 6) is 0.0506. The lowest BCUT2D eigenvalue weighted by Crippen LogP contribution is -2.32. The Labute approximate surface area is 124 Å². The minimum Gasteiger partial charge on any atom is -0.409 e. The van der Waals surface area contributed by atoms with Gasteiger partial charge in [0.1, 0.15) is 0 Å². The maximum absolute atomic E-state index is 8.64. The molecular weight excluding hydrogens is 278 g/mol. The Morgan fingerprint density at radius 3 is 2.85 bits per heavy atom. The van der Waals surface area contributed by atoms with E-state index in [4.69, 9.17) is 27.3 Å². The summed E-state index contributed by atoms with van der Waals surface area (Å²) in [5.41, 5.74) is 7.09. The van der Waals surface area contributed by atoms with Gasteiger partial charge in [-0.05, 0) is 18.1 Å². The number of methoxy groups -OCH3 is 1. The van der Waals surface area contributed by atoms with Crippen LogP contribution >= 0.6 is 11.6 Å². The summed E-state index contributed by atoms with van der Waals surface area (Å²) in [6.07, 6.45) is 2.14. The molecule has 0 aliphatic carbocycles. The van der Waals surface area contributed by atoms with Crippen LogP contribution in [0.1, 0.15) is 30.9 Å². The Morgan fingerprint density at radius 1 is 1.55 bits per heavy atom. The van der Waals surface area contributed by atoms with E-state index in [0.717, 1.165) is 18.4 Å². The number of hydrogen-bond donors (Lipinski definition) is 3. The van der Waals surface area contributed by atoms with Gasteiger partial charge in [-0.1, -0.05) is 42.2 Å². The van der Waals surface area contributed by atoms with Crippen LogP contribution in [0.25, 0.3) is 0 Å². The van der Waals surface area contributed by atoms with Gasteiger partial charge in [0.05, 0.1) is 6.61 Å². The van der Waals surface area contributed by atoms with Gasteiger partial charge >= 0.3 is 0 Å². The molecule has 112 valence electrons. The van der Waals surface area contributed by atoms with Crippen LogP contribution in [0.2, 0.25) is 5.02 Å². The lowest BCUT2D eigenvalue weighted by atomic mass is 10.1. The molecule has 0 aliphatic heterocycles. The van der Waals surface area contributed by atoms with Crippen LogP contribution in [0.3, 0.4) is 0 Å². The third-order valence-electron chi connectivity index (χ3n) is 3.04. The van der Waals surface area contributed by atoms with E-state index in [1.54, 1.807) is 19.2 Å². The number of oxime groups is 1. The maximum atomic E-state index is 8.64. The largest absolute Gasteiger partial charge is 0.409 e. The Balaban J connectivity index is 2.68. The predicted molar refractivity (Wildman–Crippen MR) is 81.4 cm³/mol. The first-order valence-electron chi connectivity index (χ1n) is 6.61. The summed E-state index contributed by atoms with van der Waals surface area (Å²) in [5, 5.41) is 15.6. The van der Waals surface area contributed by atoms with Gasteiger partial charge in [-0.15, -0.1) is 0 Å². The molecule has 0 aliphatic rings. The SMILES string of the molecule is CCCC(COC)NCc1ccc(/C(N)=N/O)cc1Cl. The molecule has 1 rings (SSSR count). The van der Waals surface area contributed by atoms with Gasteiger partial charge in [0.25, 0.3) is 0 Å². The van der Waals surface area contributed by atoms with Crippen molar-refractivity contribution in [1.82, 2.24) is 5.32 Å². The van der Waals surface area contributed by atoms with Crippen molar-refractivity contribution in [2.24, 2.45) is 10.9 Å². The van der Waals surface area contributed by atoms with Crippen molar-refractivity contribution in [1.29, 1.82) is 0 Å². The van der Waals surface area contributed by atoms with Crippen molar-refractivity contribution in [3.8, 4) is 0 Å². The molecule has 0 fully saturated rings. The molecule has 20 heavy (non-hydrogen) atoms. The fraction of sp³-hybridized carbons (Fsp3) is 0.500. The quantitative estimate of drug-likeness (QED) is 0.298. The minimum atomic E-state index is 0.0506. The van der Waals surface area contributed by atoms with Crippen LogP contribution in [-0.2, 0) is 11.3 Å². The van der Waals surface area contributed by atoms with E-state index in [1.165, 1.54) is 0 Å². The summed E-state index contributed by atoms with van der Waals surface area (Å²) in [6, 6.07) is 5.66. The molecule has 0 spiro atoms. The van der Waals surface area contributed by atoms with Crippen LogP contribution in [-0.4, -0.2) is 30.8 Å². The topological polar surface area (TPSA) is 79.9 Å². The molecule has 0 radical (unpaired) electrons.